The first kappa shape index (κ1) is 18.5. The van der Waals surface area contributed by atoms with Crippen LogP contribution in [-0.2, 0) is 0 Å². The number of carbonyl (C=O) groups is 1. The van der Waals surface area contributed by atoms with Crippen LogP contribution in [0.3, 0.4) is 0 Å². The molecule has 142 valence electrons. The van der Waals surface area contributed by atoms with Crippen LogP contribution >= 0.6 is 11.8 Å². The van der Waals surface area contributed by atoms with E-state index in [0.29, 0.717) is 10.9 Å². The first-order valence-corrected chi connectivity index (χ1v) is 10.0. The van der Waals surface area contributed by atoms with Crippen LogP contribution < -0.4 is 4.74 Å². The summed E-state index contributed by atoms with van der Waals surface area (Å²) in [4.78, 5) is 12.7. The summed E-state index contributed by atoms with van der Waals surface area (Å²) in [5.41, 5.74) is 5.90. The molecule has 0 saturated carbocycles. The molecular formula is C22H21N3O2S. The lowest BCUT2D eigenvalue weighted by Crippen LogP contribution is -2.04. The Morgan fingerprint density at radius 1 is 1.00 bits per heavy atom. The maximum absolute atomic E-state index is 12.7. The number of benzene rings is 2. The number of carbonyl (C=O) groups excluding carboxylic acids is 1. The Labute approximate surface area is 167 Å². The molecule has 2 aromatic heterocycles. The summed E-state index contributed by atoms with van der Waals surface area (Å²) < 4.78 is 7.38. The van der Waals surface area contributed by atoms with Crippen molar-refractivity contribution in [2.75, 3.05) is 12.9 Å². The molecule has 0 spiro atoms. The van der Waals surface area contributed by atoms with Crippen molar-refractivity contribution in [3.05, 3.63) is 64.7 Å². The van der Waals surface area contributed by atoms with Gasteiger partial charge in [-0.2, -0.15) is 0 Å². The molecule has 0 radical (unpaired) electrons. The molecule has 0 fully saturated rings. The molecule has 6 heteroatoms. The van der Waals surface area contributed by atoms with Gasteiger partial charge in [-0.15, -0.1) is 10.2 Å². The molecular weight excluding hydrogens is 370 g/mol. The fraction of sp³-hybridized carbons (Fsp3) is 0.227. The van der Waals surface area contributed by atoms with E-state index in [0.717, 1.165) is 39.0 Å². The summed E-state index contributed by atoms with van der Waals surface area (Å²) in [6.45, 7) is 6.12. The Morgan fingerprint density at radius 2 is 1.82 bits per heavy atom. The third-order valence-corrected chi connectivity index (χ3v) is 5.96. The molecule has 0 aliphatic carbocycles. The van der Waals surface area contributed by atoms with E-state index in [2.05, 4.69) is 17.1 Å². The second-order valence-electron chi connectivity index (χ2n) is 6.90. The van der Waals surface area contributed by atoms with Crippen LogP contribution in [0.4, 0.5) is 0 Å². The number of methoxy groups -OCH3 is 1. The van der Waals surface area contributed by atoms with Gasteiger partial charge in [-0.1, -0.05) is 23.9 Å². The second kappa shape index (κ2) is 7.28. The number of nitrogens with zero attached hydrogens (tertiary/aromatic N) is 3. The largest absolute Gasteiger partial charge is 0.497 e. The Hall–Kier alpha value is -2.86. The van der Waals surface area contributed by atoms with Crippen molar-refractivity contribution in [3.63, 3.8) is 0 Å². The van der Waals surface area contributed by atoms with E-state index in [9.17, 15) is 4.79 Å². The fourth-order valence-electron chi connectivity index (χ4n) is 3.25. The molecule has 0 aliphatic heterocycles. The van der Waals surface area contributed by atoms with Crippen LogP contribution in [0.1, 0.15) is 27.0 Å². The zero-order valence-electron chi connectivity index (χ0n) is 16.3. The summed E-state index contributed by atoms with van der Waals surface area (Å²) in [6, 6.07) is 13.8. The highest BCUT2D eigenvalue weighted by molar-refractivity contribution is 7.99. The van der Waals surface area contributed by atoms with Gasteiger partial charge in [0.15, 0.2) is 16.6 Å². The van der Waals surface area contributed by atoms with E-state index >= 15 is 0 Å². The number of Topliss-reactive ketones (excluding diaryl/α,β-unsaturated/α-hetero) is 1. The quantitative estimate of drug-likeness (QED) is 0.362. The summed E-state index contributed by atoms with van der Waals surface area (Å²) in [7, 11) is 1.65. The maximum Gasteiger partial charge on any atom is 0.196 e. The Bertz CT molecular complexity index is 1210. The number of pyridine rings is 1. The van der Waals surface area contributed by atoms with E-state index in [1.807, 2.05) is 60.7 Å². The van der Waals surface area contributed by atoms with Gasteiger partial charge in [0.25, 0.3) is 0 Å². The highest BCUT2D eigenvalue weighted by atomic mass is 32.2. The number of ketones is 1. The monoisotopic (exact) mass is 391 g/mol. The molecule has 0 bridgehead atoms. The predicted molar refractivity (Wildman–Crippen MR) is 113 cm³/mol. The molecule has 0 amide bonds. The number of hydrogen-bond acceptors (Lipinski definition) is 5. The standard InChI is InChI=1S/C22H21N3O2S/c1-13-5-6-16(9-14(13)2)20(26)12-28-22-24-23-21-10-15(3)18-8-7-17(27-4)11-19(18)25(21)22/h5-11H,12H2,1-4H3. The average molecular weight is 391 g/mol. The van der Waals surface area contributed by atoms with Crippen molar-refractivity contribution in [2.45, 2.75) is 25.9 Å². The van der Waals surface area contributed by atoms with E-state index in [-0.39, 0.29) is 5.78 Å². The van der Waals surface area contributed by atoms with Crippen LogP contribution in [-0.4, -0.2) is 33.2 Å². The molecule has 0 atom stereocenters. The van der Waals surface area contributed by atoms with Crippen LogP contribution in [0.2, 0.25) is 0 Å². The lowest BCUT2D eigenvalue weighted by atomic mass is 10.0. The molecule has 5 nitrogen and oxygen atoms in total. The van der Waals surface area contributed by atoms with Gasteiger partial charge >= 0.3 is 0 Å². The maximum atomic E-state index is 12.7. The summed E-state index contributed by atoms with van der Waals surface area (Å²) >= 11 is 1.40. The highest BCUT2D eigenvalue weighted by Crippen LogP contribution is 2.29. The molecule has 28 heavy (non-hydrogen) atoms. The molecule has 0 unspecified atom stereocenters. The Kier molecular flexibility index (Phi) is 4.81. The Balaban J connectivity index is 1.70. The van der Waals surface area contributed by atoms with Crippen LogP contribution in [0.15, 0.2) is 47.6 Å². The molecule has 2 heterocycles. The first-order chi connectivity index (χ1) is 13.5. The number of aryl methyl sites for hydroxylation is 3. The van der Waals surface area contributed by atoms with Gasteiger partial charge in [-0.25, -0.2) is 0 Å². The van der Waals surface area contributed by atoms with Crippen molar-refractivity contribution in [3.8, 4) is 5.75 Å². The number of rotatable bonds is 5. The van der Waals surface area contributed by atoms with Gasteiger partial charge in [0.05, 0.1) is 18.4 Å². The minimum atomic E-state index is 0.0823. The number of fused-ring (bicyclic) bond motifs is 3. The van der Waals surface area contributed by atoms with Crippen LogP contribution in [0.25, 0.3) is 16.6 Å². The van der Waals surface area contributed by atoms with Gasteiger partial charge < -0.3 is 4.74 Å². The number of aromatic nitrogens is 3. The second-order valence-corrected chi connectivity index (χ2v) is 7.84. The fourth-order valence-corrected chi connectivity index (χ4v) is 4.10. The molecule has 0 aliphatic rings. The zero-order chi connectivity index (χ0) is 19.8. The lowest BCUT2D eigenvalue weighted by Gasteiger charge is -2.09. The molecule has 4 aromatic rings. The summed E-state index contributed by atoms with van der Waals surface area (Å²) in [6.07, 6.45) is 0. The van der Waals surface area contributed by atoms with Crippen molar-refractivity contribution in [2.24, 2.45) is 0 Å². The first-order valence-electron chi connectivity index (χ1n) is 9.03. The number of thioether (sulfide) groups is 1. The molecule has 2 aromatic carbocycles. The van der Waals surface area contributed by atoms with Gasteiger partial charge in [0.1, 0.15) is 5.75 Å². The van der Waals surface area contributed by atoms with E-state index in [1.54, 1.807) is 7.11 Å². The predicted octanol–water partition coefficient (Wildman–Crippen LogP) is 4.79. The molecule has 4 rings (SSSR count). The normalized spacial score (nSPS) is 11.3. The third kappa shape index (κ3) is 3.24. The van der Waals surface area contributed by atoms with Gasteiger partial charge in [-0.3, -0.25) is 9.20 Å². The van der Waals surface area contributed by atoms with Crippen molar-refractivity contribution in [1.82, 2.24) is 14.6 Å². The minimum absolute atomic E-state index is 0.0823. The molecule has 0 saturated heterocycles. The molecule has 0 N–H and O–H groups in total. The van der Waals surface area contributed by atoms with E-state index in [4.69, 9.17) is 4.74 Å². The Morgan fingerprint density at radius 3 is 2.57 bits per heavy atom. The third-order valence-electron chi connectivity index (χ3n) is 5.04. The van der Waals surface area contributed by atoms with Crippen LogP contribution in [0, 0.1) is 20.8 Å². The van der Waals surface area contributed by atoms with Crippen molar-refractivity contribution >= 4 is 34.1 Å². The van der Waals surface area contributed by atoms with E-state index < -0.39 is 0 Å². The van der Waals surface area contributed by atoms with Crippen LogP contribution in [0.5, 0.6) is 5.75 Å². The van der Waals surface area contributed by atoms with E-state index in [1.165, 1.54) is 17.3 Å². The number of hydrogen-bond donors (Lipinski definition) is 0. The SMILES string of the molecule is COc1ccc2c(C)cc3nnc(SCC(=O)c4ccc(C)c(C)c4)n3c2c1. The van der Waals surface area contributed by atoms with Gasteiger partial charge in [0.2, 0.25) is 0 Å². The van der Waals surface area contributed by atoms with Gasteiger partial charge in [-0.05, 0) is 61.7 Å². The van der Waals surface area contributed by atoms with Crippen molar-refractivity contribution in [1.29, 1.82) is 0 Å². The minimum Gasteiger partial charge on any atom is -0.497 e. The average Bonchev–Trinajstić information content (AvgIpc) is 3.10. The number of ether oxygens (including phenoxy) is 1. The smallest absolute Gasteiger partial charge is 0.196 e. The topological polar surface area (TPSA) is 56.5 Å². The van der Waals surface area contributed by atoms with Crippen molar-refractivity contribution < 1.29 is 9.53 Å². The zero-order valence-corrected chi connectivity index (χ0v) is 17.1. The highest BCUT2D eigenvalue weighted by Gasteiger charge is 2.15. The lowest BCUT2D eigenvalue weighted by molar-refractivity contribution is 0.102. The summed E-state index contributed by atoms with van der Waals surface area (Å²) in [5.74, 6) is 1.16. The van der Waals surface area contributed by atoms with Gasteiger partial charge in [0, 0.05) is 17.0 Å². The summed E-state index contributed by atoms with van der Waals surface area (Å²) in [5, 5.41) is 10.4.